The molecule has 2 aromatic carbocycles. The van der Waals surface area contributed by atoms with E-state index in [1.807, 2.05) is 13.0 Å². The number of rotatable bonds is 5. The van der Waals surface area contributed by atoms with E-state index in [1.54, 1.807) is 0 Å². The number of benzene rings is 2. The second-order valence-electron chi connectivity index (χ2n) is 5.66. The Morgan fingerprint density at radius 3 is 2.32 bits per heavy atom. The van der Waals surface area contributed by atoms with Crippen molar-refractivity contribution in [1.29, 1.82) is 5.26 Å². The summed E-state index contributed by atoms with van der Waals surface area (Å²) in [6, 6.07) is 10.8. The molecule has 0 aliphatic rings. The van der Waals surface area contributed by atoms with Gasteiger partial charge in [-0.05, 0) is 36.8 Å². The van der Waals surface area contributed by atoms with E-state index in [0.29, 0.717) is 23.6 Å². The number of halogens is 5. The van der Waals surface area contributed by atoms with Gasteiger partial charge >= 0.3 is 6.18 Å². The molecule has 9 heteroatoms. The number of nitrogens with zero attached hydrogens (tertiary/aromatic N) is 2. The molecule has 0 aliphatic heterocycles. The van der Waals surface area contributed by atoms with Gasteiger partial charge in [0.1, 0.15) is 5.82 Å². The number of nitrogens with one attached hydrogen (secondary N) is 2. The summed E-state index contributed by atoms with van der Waals surface area (Å²) < 4.78 is 51.7. The lowest BCUT2D eigenvalue weighted by atomic mass is 10.1. The lowest BCUT2D eigenvalue weighted by Crippen LogP contribution is -2.37. The fourth-order valence-corrected chi connectivity index (χ4v) is 2.25. The van der Waals surface area contributed by atoms with Crippen molar-refractivity contribution in [3.8, 4) is 6.07 Å². The van der Waals surface area contributed by atoms with Crippen LogP contribution in [0.3, 0.4) is 0 Å². The molecule has 0 saturated heterocycles. The molecule has 0 amide bonds. The summed E-state index contributed by atoms with van der Waals surface area (Å²) in [5, 5.41) is 14.7. The van der Waals surface area contributed by atoms with Gasteiger partial charge in [0.2, 0.25) is 0 Å². The van der Waals surface area contributed by atoms with E-state index in [0.717, 1.165) is 18.2 Å². The van der Waals surface area contributed by atoms with E-state index in [2.05, 4.69) is 15.6 Å². The van der Waals surface area contributed by atoms with Gasteiger partial charge in [-0.1, -0.05) is 18.2 Å². The lowest BCUT2D eigenvalue weighted by molar-refractivity contribution is -0.137. The summed E-state index contributed by atoms with van der Waals surface area (Å²) in [7, 11) is 0. The zero-order valence-corrected chi connectivity index (χ0v) is 17.3. The van der Waals surface area contributed by atoms with Gasteiger partial charge in [0.15, 0.2) is 5.96 Å². The highest BCUT2D eigenvalue weighted by Gasteiger charge is 2.29. The SMILES string of the molecule is CCNC(=NCc1ccc(C(F)(F)F)cc1)NCc1ccc(C#N)cc1F.I. The molecule has 0 saturated carbocycles. The first-order valence-corrected chi connectivity index (χ1v) is 8.20. The van der Waals surface area contributed by atoms with Gasteiger partial charge in [-0.25, -0.2) is 9.38 Å². The van der Waals surface area contributed by atoms with Crippen LogP contribution in [0.1, 0.15) is 29.2 Å². The number of hydrogen-bond donors (Lipinski definition) is 2. The highest BCUT2D eigenvalue weighted by molar-refractivity contribution is 14.0. The molecule has 4 nitrogen and oxygen atoms in total. The van der Waals surface area contributed by atoms with Gasteiger partial charge in [-0.15, -0.1) is 24.0 Å². The van der Waals surface area contributed by atoms with Crippen LogP contribution >= 0.6 is 24.0 Å². The summed E-state index contributed by atoms with van der Waals surface area (Å²) >= 11 is 0. The molecule has 2 N–H and O–H groups in total. The zero-order chi connectivity index (χ0) is 19.9. The van der Waals surface area contributed by atoms with E-state index in [9.17, 15) is 17.6 Å². The second-order valence-corrected chi connectivity index (χ2v) is 5.66. The molecule has 0 fully saturated rings. The molecular formula is C19H19F4IN4. The fourth-order valence-electron chi connectivity index (χ4n) is 2.25. The maximum absolute atomic E-state index is 13.9. The summed E-state index contributed by atoms with van der Waals surface area (Å²) in [6.07, 6.45) is -4.37. The average Bonchev–Trinajstić information content (AvgIpc) is 2.64. The molecule has 0 unspecified atom stereocenters. The monoisotopic (exact) mass is 506 g/mol. The molecular weight excluding hydrogens is 487 g/mol. The van der Waals surface area contributed by atoms with Crippen LogP contribution in [-0.2, 0) is 19.3 Å². The predicted octanol–water partition coefficient (Wildman–Crippen LogP) is 4.59. The molecule has 0 aliphatic carbocycles. The Labute approximate surface area is 177 Å². The summed E-state index contributed by atoms with van der Waals surface area (Å²) in [5.74, 6) is -0.0960. The standard InChI is InChI=1S/C19H18F4N4.HI/c1-2-25-18(27-12-15-6-3-14(10-24)9-17(15)20)26-11-13-4-7-16(8-5-13)19(21,22)23;/h3-9H,2,11-12H2,1H3,(H2,25,26,27);1H. The zero-order valence-electron chi connectivity index (χ0n) is 15.0. The molecule has 0 atom stereocenters. The van der Waals surface area contributed by atoms with Crippen molar-refractivity contribution in [2.45, 2.75) is 26.2 Å². The topological polar surface area (TPSA) is 60.2 Å². The quantitative estimate of drug-likeness (QED) is 0.270. The van der Waals surface area contributed by atoms with Crippen LogP contribution in [0.4, 0.5) is 17.6 Å². The van der Waals surface area contributed by atoms with Crippen molar-refractivity contribution in [3.63, 3.8) is 0 Å². The van der Waals surface area contributed by atoms with Gasteiger partial charge in [-0.3, -0.25) is 0 Å². The maximum atomic E-state index is 13.9. The average molecular weight is 506 g/mol. The molecule has 0 bridgehead atoms. The number of alkyl halides is 3. The Morgan fingerprint density at radius 2 is 1.79 bits per heavy atom. The van der Waals surface area contributed by atoms with E-state index >= 15 is 0 Å². The molecule has 2 rings (SSSR count). The van der Waals surface area contributed by atoms with Gasteiger partial charge in [0.25, 0.3) is 0 Å². The smallest absolute Gasteiger partial charge is 0.357 e. The van der Waals surface area contributed by atoms with Gasteiger partial charge in [0, 0.05) is 18.7 Å². The first-order chi connectivity index (χ1) is 12.8. The van der Waals surface area contributed by atoms with E-state index < -0.39 is 17.6 Å². The van der Waals surface area contributed by atoms with E-state index in [-0.39, 0.29) is 42.6 Å². The third kappa shape index (κ3) is 6.99. The fraction of sp³-hybridized carbons (Fsp3) is 0.263. The molecule has 0 heterocycles. The van der Waals surface area contributed by atoms with Gasteiger partial charge in [-0.2, -0.15) is 18.4 Å². The van der Waals surface area contributed by atoms with Crippen LogP contribution in [0.5, 0.6) is 0 Å². The van der Waals surface area contributed by atoms with Crippen molar-refractivity contribution in [1.82, 2.24) is 10.6 Å². The largest absolute Gasteiger partial charge is 0.416 e. The molecule has 28 heavy (non-hydrogen) atoms. The molecule has 150 valence electrons. The summed E-state index contributed by atoms with van der Waals surface area (Å²) in [6.45, 7) is 2.74. The van der Waals surface area contributed by atoms with Crippen LogP contribution in [0.25, 0.3) is 0 Å². The highest BCUT2D eigenvalue weighted by atomic mass is 127. The third-order valence-electron chi connectivity index (χ3n) is 3.67. The minimum atomic E-state index is -4.37. The van der Waals surface area contributed by atoms with Crippen molar-refractivity contribution in [3.05, 3.63) is 70.5 Å². The Balaban J connectivity index is 0.00000392. The lowest BCUT2D eigenvalue weighted by Gasteiger charge is -2.12. The number of nitriles is 1. The molecule has 0 aromatic heterocycles. The molecule has 0 radical (unpaired) electrons. The van der Waals surface area contributed by atoms with Crippen molar-refractivity contribution < 1.29 is 17.6 Å². The van der Waals surface area contributed by atoms with Crippen LogP contribution in [0.2, 0.25) is 0 Å². The number of hydrogen-bond acceptors (Lipinski definition) is 2. The number of aliphatic imine (C=N–C) groups is 1. The second kappa shape index (κ2) is 10.8. The minimum absolute atomic E-state index is 0. The Morgan fingerprint density at radius 1 is 1.11 bits per heavy atom. The maximum Gasteiger partial charge on any atom is 0.416 e. The van der Waals surface area contributed by atoms with Crippen LogP contribution in [0.15, 0.2) is 47.5 Å². The Bertz CT molecular complexity index is 842. The minimum Gasteiger partial charge on any atom is -0.357 e. The van der Waals surface area contributed by atoms with Crippen molar-refractivity contribution in [2.24, 2.45) is 4.99 Å². The summed E-state index contributed by atoms with van der Waals surface area (Å²) in [5.41, 5.74) is 0.509. The summed E-state index contributed by atoms with van der Waals surface area (Å²) in [4.78, 5) is 4.29. The first-order valence-electron chi connectivity index (χ1n) is 8.20. The van der Waals surface area contributed by atoms with E-state index in [4.69, 9.17) is 5.26 Å². The van der Waals surface area contributed by atoms with Gasteiger partial charge in [0.05, 0.1) is 23.7 Å². The third-order valence-corrected chi connectivity index (χ3v) is 3.67. The van der Waals surface area contributed by atoms with Gasteiger partial charge < -0.3 is 10.6 Å². The highest BCUT2D eigenvalue weighted by Crippen LogP contribution is 2.29. The van der Waals surface area contributed by atoms with Crippen LogP contribution in [0, 0.1) is 17.1 Å². The first kappa shape index (κ1) is 23.7. The Kier molecular flexibility index (Phi) is 9.18. The van der Waals surface area contributed by atoms with E-state index in [1.165, 1.54) is 24.3 Å². The molecule has 0 spiro atoms. The van der Waals surface area contributed by atoms with Crippen molar-refractivity contribution in [2.75, 3.05) is 6.54 Å². The van der Waals surface area contributed by atoms with Crippen molar-refractivity contribution >= 4 is 29.9 Å². The Hall–Kier alpha value is -2.35. The molecule has 2 aromatic rings. The van der Waals surface area contributed by atoms with Crippen LogP contribution in [-0.4, -0.2) is 12.5 Å². The number of guanidine groups is 1. The normalized spacial score (nSPS) is 11.4. The predicted molar refractivity (Wildman–Crippen MR) is 110 cm³/mol. The van der Waals surface area contributed by atoms with Crippen LogP contribution < -0.4 is 10.6 Å².